The molecule has 0 saturated heterocycles. The number of benzene rings is 1. The first-order chi connectivity index (χ1) is 13.4. The molecule has 28 heavy (non-hydrogen) atoms. The fourth-order valence-corrected chi connectivity index (χ4v) is 4.52. The molecule has 1 aliphatic heterocycles. The standard InChI is InChI=1S/C21H23ClN4O2/c1-11-19(25-18-10-15(22)7-8-24-18)16-9-14(21(23)28)5-6-17(16)26(12(2)27)20(11)13-3-4-13/h5-11,13,19-20H,3-4H2,1-2H3,(H2,23,28)(H,24,25)/t11-,19-,20-/m1/s1. The van der Waals surface area contributed by atoms with E-state index in [1.807, 2.05) is 11.0 Å². The largest absolute Gasteiger partial charge is 0.366 e. The normalized spacial score (nSPS) is 23.8. The molecule has 7 heteroatoms. The Balaban J connectivity index is 1.83. The molecule has 0 spiro atoms. The highest BCUT2D eigenvalue weighted by Gasteiger charge is 2.47. The predicted molar refractivity (Wildman–Crippen MR) is 109 cm³/mol. The summed E-state index contributed by atoms with van der Waals surface area (Å²) in [6.45, 7) is 3.74. The first-order valence-electron chi connectivity index (χ1n) is 9.48. The van der Waals surface area contributed by atoms with Crippen LogP contribution in [0.15, 0.2) is 36.5 Å². The molecule has 1 aromatic heterocycles. The van der Waals surface area contributed by atoms with Crippen LogP contribution < -0.4 is 16.0 Å². The molecule has 4 rings (SSSR count). The van der Waals surface area contributed by atoms with Crippen LogP contribution in [0.1, 0.15) is 48.7 Å². The Morgan fingerprint density at radius 3 is 2.61 bits per heavy atom. The smallest absolute Gasteiger partial charge is 0.248 e. The quantitative estimate of drug-likeness (QED) is 0.820. The molecule has 3 atom stereocenters. The van der Waals surface area contributed by atoms with Gasteiger partial charge in [0.15, 0.2) is 0 Å². The molecule has 0 bridgehead atoms. The van der Waals surface area contributed by atoms with Crippen LogP contribution in [0.3, 0.4) is 0 Å². The van der Waals surface area contributed by atoms with Gasteiger partial charge >= 0.3 is 0 Å². The van der Waals surface area contributed by atoms with Crippen molar-refractivity contribution < 1.29 is 9.59 Å². The van der Waals surface area contributed by atoms with E-state index < -0.39 is 5.91 Å². The van der Waals surface area contributed by atoms with Crippen LogP contribution in [-0.2, 0) is 4.79 Å². The van der Waals surface area contributed by atoms with Crippen LogP contribution in [0.2, 0.25) is 5.02 Å². The lowest BCUT2D eigenvalue weighted by atomic mass is 9.79. The highest BCUT2D eigenvalue weighted by molar-refractivity contribution is 6.30. The van der Waals surface area contributed by atoms with Crippen LogP contribution in [0, 0.1) is 11.8 Å². The third-order valence-electron chi connectivity index (χ3n) is 5.74. The van der Waals surface area contributed by atoms with E-state index in [1.165, 1.54) is 0 Å². The molecule has 2 heterocycles. The van der Waals surface area contributed by atoms with Crippen LogP contribution in [0.5, 0.6) is 0 Å². The molecule has 0 radical (unpaired) electrons. The summed E-state index contributed by atoms with van der Waals surface area (Å²) < 4.78 is 0. The first kappa shape index (κ1) is 18.7. The number of pyridine rings is 1. The average Bonchev–Trinajstić information content (AvgIpc) is 3.47. The van der Waals surface area contributed by atoms with Crippen LogP contribution in [0.25, 0.3) is 0 Å². The Labute approximate surface area is 169 Å². The minimum atomic E-state index is -0.492. The van der Waals surface area contributed by atoms with Crippen molar-refractivity contribution in [2.24, 2.45) is 17.6 Å². The van der Waals surface area contributed by atoms with Crippen molar-refractivity contribution in [2.45, 2.75) is 38.8 Å². The minimum absolute atomic E-state index is 0.0103. The molecule has 1 saturated carbocycles. The molecule has 6 nitrogen and oxygen atoms in total. The zero-order valence-corrected chi connectivity index (χ0v) is 16.6. The van der Waals surface area contributed by atoms with Gasteiger partial charge in [0, 0.05) is 41.4 Å². The maximum Gasteiger partial charge on any atom is 0.248 e. The lowest BCUT2D eigenvalue weighted by Gasteiger charge is -2.46. The van der Waals surface area contributed by atoms with E-state index >= 15 is 0 Å². The summed E-state index contributed by atoms with van der Waals surface area (Å²) in [5.41, 5.74) is 7.63. The summed E-state index contributed by atoms with van der Waals surface area (Å²) in [4.78, 5) is 30.6. The van der Waals surface area contributed by atoms with E-state index in [9.17, 15) is 9.59 Å². The number of nitrogens with zero attached hydrogens (tertiary/aromatic N) is 2. The molecular formula is C21H23ClN4O2. The Kier molecular flexibility index (Phi) is 4.75. The number of hydrogen-bond donors (Lipinski definition) is 2. The molecule has 2 aromatic rings. The summed E-state index contributed by atoms with van der Waals surface area (Å²) >= 11 is 6.13. The summed E-state index contributed by atoms with van der Waals surface area (Å²) in [6, 6.07) is 8.78. The summed E-state index contributed by atoms with van der Waals surface area (Å²) in [7, 11) is 0. The van der Waals surface area contributed by atoms with Gasteiger partial charge in [0.1, 0.15) is 5.82 Å². The third kappa shape index (κ3) is 3.33. The molecule has 1 aromatic carbocycles. The number of primary amides is 1. The molecular weight excluding hydrogens is 376 g/mol. The second kappa shape index (κ2) is 7.09. The fourth-order valence-electron chi connectivity index (χ4n) is 4.36. The van der Waals surface area contributed by atoms with Gasteiger partial charge in [-0.05, 0) is 54.7 Å². The second-order valence-corrected chi connectivity index (χ2v) is 8.13. The number of nitrogens with one attached hydrogen (secondary N) is 1. The van der Waals surface area contributed by atoms with E-state index in [0.29, 0.717) is 22.3 Å². The maximum absolute atomic E-state index is 12.6. The van der Waals surface area contributed by atoms with Crippen LogP contribution in [0.4, 0.5) is 11.5 Å². The van der Waals surface area contributed by atoms with Gasteiger partial charge in [-0.15, -0.1) is 0 Å². The van der Waals surface area contributed by atoms with Gasteiger partial charge < -0.3 is 16.0 Å². The van der Waals surface area contributed by atoms with E-state index in [2.05, 4.69) is 17.2 Å². The number of carbonyl (C=O) groups is 2. The van der Waals surface area contributed by atoms with Crippen molar-refractivity contribution in [3.8, 4) is 0 Å². The van der Waals surface area contributed by atoms with Gasteiger partial charge in [0.05, 0.1) is 6.04 Å². The number of amides is 2. The number of nitrogens with two attached hydrogens (primary N) is 1. The first-order valence-corrected chi connectivity index (χ1v) is 9.86. The Morgan fingerprint density at radius 1 is 1.25 bits per heavy atom. The summed E-state index contributed by atoms with van der Waals surface area (Å²) in [5, 5.41) is 4.07. The van der Waals surface area contributed by atoms with Gasteiger partial charge in [-0.1, -0.05) is 18.5 Å². The zero-order valence-electron chi connectivity index (χ0n) is 15.9. The molecule has 1 fully saturated rings. The highest BCUT2D eigenvalue weighted by Crippen LogP contribution is 2.50. The van der Waals surface area contributed by atoms with Gasteiger partial charge in [-0.25, -0.2) is 4.98 Å². The monoisotopic (exact) mass is 398 g/mol. The van der Waals surface area contributed by atoms with Crippen molar-refractivity contribution in [3.63, 3.8) is 0 Å². The number of fused-ring (bicyclic) bond motifs is 1. The fraction of sp³-hybridized carbons (Fsp3) is 0.381. The molecule has 146 valence electrons. The molecule has 0 unspecified atom stereocenters. The van der Waals surface area contributed by atoms with Crippen LogP contribution >= 0.6 is 11.6 Å². The van der Waals surface area contributed by atoms with E-state index in [-0.39, 0.29) is 23.9 Å². The topological polar surface area (TPSA) is 88.3 Å². The van der Waals surface area contributed by atoms with Crippen LogP contribution in [-0.4, -0.2) is 22.8 Å². The van der Waals surface area contributed by atoms with Crippen molar-refractivity contribution >= 4 is 34.9 Å². The number of hydrogen-bond acceptors (Lipinski definition) is 4. The molecule has 3 N–H and O–H groups in total. The molecule has 2 amide bonds. The van der Waals surface area contributed by atoms with Gasteiger partial charge in [0.2, 0.25) is 11.8 Å². The summed E-state index contributed by atoms with van der Waals surface area (Å²) in [6.07, 6.45) is 3.89. The zero-order chi connectivity index (χ0) is 20.0. The van der Waals surface area contributed by atoms with Gasteiger partial charge in [0.25, 0.3) is 0 Å². The van der Waals surface area contributed by atoms with Crippen molar-refractivity contribution in [2.75, 3.05) is 10.2 Å². The van der Waals surface area contributed by atoms with Crippen molar-refractivity contribution in [1.82, 2.24) is 4.98 Å². The van der Waals surface area contributed by atoms with E-state index in [4.69, 9.17) is 17.3 Å². The number of halogens is 1. The third-order valence-corrected chi connectivity index (χ3v) is 5.97. The number of rotatable bonds is 4. The number of aromatic nitrogens is 1. The summed E-state index contributed by atoms with van der Waals surface area (Å²) in [5.74, 6) is 0.780. The van der Waals surface area contributed by atoms with E-state index in [0.717, 1.165) is 24.1 Å². The van der Waals surface area contributed by atoms with Crippen molar-refractivity contribution in [3.05, 3.63) is 52.7 Å². The van der Waals surface area contributed by atoms with Gasteiger partial charge in [-0.3, -0.25) is 9.59 Å². The lowest BCUT2D eigenvalue weighted by molar-refractivity contribution is -0.117. The predicted octanol–water partition coefficient (Wildman–Crippen LogP) is 3.77. The second-order valence-electron chi connectivity index (χ2n) is 7.70. The van der Waals surface area contributed by atoms with Gasteiger partial charge in [-0.2, -0.15) is 0 Å². The minimum Gasteiger partial charge on any atom is -0.366 e. The SMILES string of the molecule is CC(=O)N1c2ccc(C(N)=O)cc2[C@H](Nc2cc(Cl)ccn2)[C@@H](C)[C@@H]1C1CC1. The number of carbonyl (C=O) groups excluding carboxylic acids is 2. The number of anilines is 2. The molecule has 2 aliphatic rings. The average molecular weight is 399 g/mol. The highest BCUT2D eigenvalue weighted by atomic mass is 35.5. The van der Waals surface area contributed by atoms with Crippen molar-refractivity contribution in [1.29, 1.82) is 0 Å². The maximum atomic E-state index is 12.6. The Bertz CT molecular complexity index is 944. The lowest BCUT2D eigenvalue weighted by Crippen LogP contribution is -2.51. The Hall–Kier alpha value is -2.60. The Morgan fingerprint density at radius 2 is 2.00 bits per heavy atom. The van der Waals surface area contributed by atoms with E-state index in [1.54, 1.807) is 37.4 Å². The molecule has 1 aliphatic carbocycles.